The fourth-order valence-electron chi connectivity index (χ4n) is 2.65. The van der Waals surface area contributed by atoms with Crippen LogP contribution < -0.4 is 10.5 Å². The highest BCUT2D eigenvalue weighted by Gasteiger charge is 2.26. The van der Waals surface area contributed by atoms with Crippen molar-refractivity contribution in [1.29, 1.82) is 0 Å². The first kappa shape index (κ1) is 12.2. The van der Waals surface area contributed by atoms with Gasteiger partial charge in [0.1, 0.15) is 11.6 Å². The highest BCUT2D eigenvalue weighted by Crippen LogP contribution is 2.30. The zero-order valence-corrected chi connectivity index (χ0v) is 11.2. The van der Waals surface area contributed by atoms with Crippen LogP contribution in [-0.2, 0) is 6.54 Å². The van der Waals surface area contributed by atoms with E-state index in [0.717, 1.165) is 35.9 Å². The summed E-state index contributed by atoms with van der Waals surface area (Å²) in [5.74, 6) is 3.17. The molecule has 0 saturated carbocycles. The molecule has 0 spiro atoms. The van der Waals surface area contributed by atoms with Crippen molar-refractivity contribution in [3.63, 3.8) is 0 Å². The molecule has 2 aromatic rings. The van der Waals surface area contributed by atoms with E-state index in [9.17, 15) is 0 Å². The van der Waals surface area contributed by atoms with E-state index < -0.39 is 0 Å². The molecule has 2 unspecified atom stereocenters. The summed E-state index contributed by atoms with van der Waals surface area (Å²) in [4.78, 5) is 0. The Morgan fingerprint density at radius 3 is 2.68 bits per heavy atom. The maximum atomic E-state index is 6.13. The first-order chi connectivity index (χ1) is 9.19. The molecule has 0 fully saturated rings. The molecule has 2 N–H and O–H groups in total. The summed E-state index contributed by atoms with van der Waals surface area (Å²) in [6.07, 6.45) is 0.973. The van der Waals surface area contributed by atoms with Crippen molar-refractivity contribution in [2.75, 3.05) is 7.11 Å². The normalized spacial score (nSPS) is 22.1. The van der Waals surface area contributed by atoms with Crippen LogP contribution in [0.15, 0.2) is 24.3 Å². The number of hydrogen-bond acceptors (Lipinski definition) is 4. The maximum Gasteiger partial charge on any atom is 0.164 e. The van der Waals surface area contributed by atoms with Crippen LogP contribution in [0.25, 0.3) is 11.4 Å². The first-order valence-electron chi connectivity index (χ1n) is 6.52. The molecule has 1 aromatic carbocycles. The van der Waals surface area contributed by atoms with Gasteiger partial charge in [-0.2, -0.15) is 0 Å². The first-order valence-corrected chi connectivity index (χ1v) is 6.52. The van der Waals surface area contributed by atoms with E-state index in [4.69, 9.17) is 10.5 Å². The summed E-state index contributed by atoms with van der Waals surface area (Å²) >= 11 is 0. The molecule has 19 heavy (non-hydrogen) atoms. The molecule has 0 saturated heterocycles. The lowest BCUT2D eigenvalue weighted by molar-refractivity contribution is 0.348. The Labute approximate surface area is 112 Å². The minimum absolute atomic E-state index is 0.0109. The number of methoxy groups -OCH3 is 1. The number of aromatic nitrogens is 3. The van der Waals surface area contributed by atoms with Crippen molar-refractivity contribution >= 4 is 0 Å². The molecule has 5 nitrogen and oxygen atoms in total. The number of benzene rings is 1. The Balaban J connectivity index is 2.01. The second-order valence-corrected chi connectivity index (χ2v) is 5.17. The predicted molar refractivity (Wildman–Crippen MR) is 72.7 cm³/mol. The van der Waals surface area contributed by atoms with Gasteiger partial charge in [0.15, 0.2) is 5.82 Å². The summed E-state index contributed by atoms with van der Waals surface area (Å²) in [5.41, 5.74) is 7.17. The number of rotatable bonds is 2. The van der Waals surface area contributed by atoms with E-state index in [1.807, 2.05) is 24.3 Å². The second kappa shape index (κ2) is 4.66. The summed E-state index contributed by atoms with van der Waals surface area (Å²) in [5, 5.41) is 8.55. The molecule has 100 valence electrons. The van der Waals surface area contributed by atoms with Crippen LogP contribution in [-0.4, -0.2) is 21.9 Å². The minimum atomic E-state index is -0.0109. The summed E-state index contributed by atoms with van der Waals surface area (Å²) in [6.45, 7) is 3.14. The summed E-state index contributed by atoms with van der Waals surface area (Å²) in [6, 6.07) is 7.86. The minimum Gasteiger partial charge on any atom is -0.497 e. The van der Waals surface area contributed by atoms with Crippen LogP contribution in [0.1, 0.15) is 25.2 Å². The lowest BCUT2D eigenvalue weighted by Gasteiger charge is -2.25. The number of hydrogen-bond donors (Lipinski definition) is 1. The number of nitrogens with two attached hydrogens (primary N) is 1. The van der Waals surface area contributed by atoms with E-state index in [1.165, 1.54) is 0 Å². The number of ether oxygens (including phenoxy) is 1. The smallest absolute Gasteiger partial charge is 0.164 e. The molecule has 2 atom stereocenters. The summed E-state index contributed by atoms with van der Waals surface area (Å²) < 4.78 is 7.31. The lowest BCUT2D eigenvalue weighted by atomic mass is 9.97. The summed E-state index contributed by atoms with van der Waals surface area (Å²) in [7, 11) is 1.66. The number of nitrogens with zero attached hydrogens (tertiary/aromatic N) is 3. The van der Waals surface area contributed by atoms with Gasteiger partial charge in [-0.25, -0.2) is 0 Å². The molecule has 2 heterocycles. The Kier molecular flexibility index (Phi) is 2.98. The van der Waals surface area contributed by atoms with Gasteiger partial charge in [0, 0.05) is 12.1 Å². The Hall–Kier alpha value is -1.88. The standard InChI is InChI=1S/C14H18N4O/c1-9-7-12(15)14-17-16-13(18(14)8-9)10-3-5-11(19-2)6-4-10/h3-6,9,12H,7-8,15H2,1-2H3. The quantitative estimate of drug-likeness (QED) is 0.894. The van der Waals surface area contributed by atoms with Crippen LogP contribution in [0.3, 0.4) is 0 Å². The molecule has 1 aliphatic rings. The van der Waals surface area contributed by atoms with Gasteiger partial charge in [-0.05, 0) is 36.6 Å². The zero-order valence-electron chi connectivity index (χ0n) is 11.2. The number of fused-ring (bicyclic) bond motifs is 1. The largest absolute Gasteiger partial charge is 0.497 e. The van der Waals surface area contributed by atoms with Gasteiger partial charge in [0.2, 0.25) is 0 Å². The maximum absolute atomic E-state index is 6.13. The van der Waals surface area contributed by atoms with E-state index in [-0.39, 0.29) is 6.04 Å². The van der Waals surface area contributed by atoms with Crippen LogP contribution in [0.5, 0.6) is 5.75 Å². The second-order valence-electron chi connectivity index (χ2n) is 5.17. The van der Waals surface area contributed by atoms with Crippen molar-refractivity contribution in [2.24, 2.45) is 11.7 Å². The van der Waals surface area contributed by atoms with Gasteiger partial charge < -0.3 is 15.0 Å². The van der Waals surface area contributed by atoms with Crippen molar-refractivity contribution in [2.45, 2.75) is 25.9 Å². The monoisotopic (exact) mass is 258 g/mol. The topological polar surface area (TPSA) is 66.0 Å². The van der Waals surface area contributed by atoms with Crippen LogP contribution in [0, 0.1) is 5.92 Å². The van der Waals surface area contributed by atoms with Gasteiger partial charge in [0.25, 0.3) is 0 Å². The molecule has 5 heteroatoms. The average Bonchev–Trinajstić information content (AvgIpc) is 2.83. The molecule has 0 bridgehead atoms. The van der Waals surface area contributed by atoms with Gasteiger partial charge in [-0.1, -0.05) is 6.92 Å². The van der Waals surface area contributed by atoms with E-state index in [2.05, 4.69) is 21.7 Å². The fraction of sp³-hybridized carbons (Fsp3) is 0.429. The highest BCUT2D eigenvalue weighted by atomic mass is 16.5. The van der Waals surface area contributed by atoms with Gasteiger partial charge in [0.05, 0.1) is 13.2 Å². The molecule has 1 aliphatic heterocycles. The molecule has 0 radical (unpaired) electrons. The Morgan fingerprint density at radius 1 is 1.26 bits per heavy atom. The average molecular weight is 258 g/mol. The third-order valence-electron chi connectivity index (χ3n) is 3.61. The molecule has 0 aliphatic carbocycles. The fourth-order valence-corrected chi connectivity index (χ4v) is 2.65. The van der Waals surface area contributed by atoms with Gasteiger partial charge in [-0.15, -0.1) is 10.2 Å². The van der Waals surface area contributed by atoms with Crippen LogP contribution >= 0.6 is 0 Å². The van der Waals surface area contributed by atoms with E-state index >= 15 is 0 Å². The van der Waals surface area contributed by atoms with Gasteiger partial charge >= 0.3 is 0 Å². The van der Waals surface area contributed by atoms with Crippen molar-refractivity contribution in [1.82, 2.24) is 14.8 Å². The third kappa shape index (κ3) is 2.10. The third-order valence-corrected chi connectivity index (χ3v) is 3.61. The molecular weight excluding hydrogens is 240 g/mol. The molecular formula is C14H18N4O. The zero-order chi connectivity index (χ0) is 13.4. The molecule has 1 aromatic heterocycles. The van der Waals surface area contributed by atoms with Crippen molar-refractivity contribution in [3.05, 3.63) is 30.1 Å². The van der Waals surface area contributed by atoms with Crippen LogP contribution in [0.2, 0.25) is 0 Å². The van der Waals surface area contributed by atoms with Crippen molar-refractivity contribution in [3.8, 4) is 17.1 Å². The van der Waals surface area contributed by atoms with Gasteiger partial charge in [-0.3, -0.25) is 0 Å². The predicted octanol–water partition coefficient (Wildman–Crippen LogP) is 1.99. The Morgan fingerprint density at radius 2 is 2.00 bits per heavy atom. The highest BCUT2D eigenvalue weighted by molar-refractivity contribution is 5.57. The van der Waals surface area contributed by atoms with E-state index in [1.54, 1.807) is 7.11 Å². The molecule has 0 amide bonds. The SMILES string of the molecule is COc1ccc(-c2nnc3n2CC(C)CC3N)cc1. The van der Waals surface area contributed by atoms with Crippen LogP contribution in [0.4, 0.5) is 0 Å². The van der Waals surface area contributed by atoms with E-state index in [0.29, 0.717) is 5.92 Å². The van der Waals surface area contributed by atoms with Crippen molar-refractivity contribution < 1.29 is 4.74 Å². The molecule has 3 rings (SSSR count). The lowest BCUT2D eigenvalue weighted by Crippen LogP contribution is -2.27. The Bertz CT molecular complexity index is 576.